The highest BCUT2D eigenvalue weighted by Gasteiger charge is 2.23. The summed E-state index contributed by atoms with van der Waals surface area (Å²) in [4.78, 5) is 23.9. The minimum Gasteiger partial charge on any atom is -0.484 e. The van der Waals surface area contributed by atoms with Crippen molar-refractivity contribution in [3.63, 3.8) is 0 Å². The normalized spacial score (nSPS) is 13.2. The molecule has 0 heterocycles. The topological polar surface area (TPSA) is 67.4 Å². The summed E-state index contributed by atoms with van der Waals surface area (Å²) < 4.78 is 6.42. The fourth-order valence-corrected chi connectivity index (χ4v) is 2.37. The van der Waals surface area contributed by atoms with Gasteiger partial charge in [0, 0.05) is 21.8 Å². The molecule has 5 nitrogen and oxygen atoms in total. The van der Waals surface area contributed by atoms with Crippen LogP contribution < -0.4 is 15.4 Å². The minimum atomic E-state index is -0.259. The van der Waals surface area contributed by atoms with E-state index in [2.05, 4.69) is 26.6 Å². The molecular weight excluding hydrogens is 372 g/mol. The lowest BCUT2D eigenvalue weighted by Crippen LogP contribution is -2.25. The number of ether oxygens (including phenoxy) is 1. The number of amides is 2. The summed E-state index contributed by atoms with van der Waals surface area (Å²) >= 11 is 3.34. The predicted octanol–water partition coefficient (Wildman–Crippen LogP) is 3.36. The molecular formula is C18H17BrN2O3. The molecule has 2 amide bonds. The maximum Gasteiger partial charge on any atom is 0.262 e. The molecule has 0 saturated heterocycles. The number of rotatable bonds is 6. The van der Waals surface area contributed by atoms with Crippen LogP contribution in [-0.2, 0) is 4.79 Å². The molecule has 0 spiro atoms. The Balaban J connectivity index is 1.52. The van der Waals surface area contributed by atoms with Gasteiger partial charge in [-0.3, -0.25) is 9.59 Å². The second-order valence-corrected chi connectivity index (χ2v) is 6.53. The van der Waals surface area contributed by atoms with Gasteiger partial charge in [0.2, 0.25) is 0 Å². The molecule has 2 aromatic rings. The van der Waals surface area contributed by atoms with Crippen molar-refractivity contribution in [2.24, 2.45) is 0 Å². The third-order valence-electron chi connectivity index (χ3n) is 3.51. The van der Waals surface area contributed by atoms with Crippen molar-refractivity contribution in [1.29, 1.82) is 0 Å². The first-order valence-electron chi connectivity index (χ1n) is 7.69. The summed E-state index contributed by atoms with van der Waals surface area (Å²) in [6, 6.07) is 14.4. The second kappa shape index (κ2) is 7.49. The highest BCUT2D eigenvalue weighted by atomic mass is 79.9. The van der Waals surface area contributed by atoms with E-state index < -0.39 is 0 Å². The Kier molecular flexibility index (Phi) is 5.15. The van der Waals surface area contributed by atoms with E-state index in [-0.39, 0.29) is 18.4 Å². The zero-order valence-corrected chi connectivity index (χ0v) is 14.5. The summed E-state index contributed by atoms with van der Waals surface area (Å²) in [5.74, 6) is 0.122. The largest absolute Gasteiger partial charge is 0.484 e. The first-order chi connectivity index (χ1) is 11.6. The molecule has 0 atom stereocenters. The molecule has 6 heteroatoms. The molecule has 124 valence electrons. The first kappa shape index (κ1) is 16.5. The van der Waals surface area contributed by atoms with Crippen LogP contribution in [0.4, 0.5) is 5.69 Å². The number of halogens is 1. The van der Waals surface area contributed by atoms with Crippen molar-refractivity contribution in [2.75, 3.05) is 11.9 Å². The highest BCUT2D eigenvalue weighted by molar-refractivity contribution is 9.10. The maximum absolute atomic E-state index is 12.0. The summed E-state index contributed by atoms with van der Waals surface area (Å²) in [5.41, 5.74) is 1.23. The number of nitrogens with one attached hydrogen (secondary N) is 2. The van der Waals surface area contributed by atoms with E-state index in [9.17, 15) is 9.59 Å². The second-order valence-electron chi connectivity index (χ2n) is 5.62. The van der Waals surface area contributed by atoms with E-state index in [0.717, 1.165) is 17.3 Å². The van der Waals surface area contributed by atoms with E-state index in [1.54, 1.807) is 36.4 Å². The molecule has 2 aromatic carbocycles. The Morgan fingerprint density at radius 2 is 1.88 bits per heavy atom. The van der Waals surface area contributed by atoms with Gasteiger partial charge in [-0.25, -0.2) is 0 Å². The molecule has 1 aliphatic rings. The van der Waals surface area contributed by atoms with Crippen molar-refractivity contribution in [3.05, 3.63) is 58.6 Å². The van der Waals surface area contributed by atoms with E-state index >= 15 is 0 Å². The van der Waals surface area contributed by atoms with Gasteiger partial charge < -0.3 is 15.4 Å². The van der Waals surface area contributed by atoms with Crippen molar-refractivity contribution in [2.45, 2.75) is 18.9 Å². The van der Waals surface area contributed by atoms with Crippen LogP contribution in [0.2, 0.25) is 0 Å². The number of anilines is 1. The molecule has 0 aliphatic heterocycles. The first-order valence-corrected chi connectivity index (χ1v) is 8.48. The van der Waals surface area contributed by atoms with Crippen LogP contribution in [0.3, 0.4) is 0 Å². The molecule has 0 aromatic heterocycles. The summed E-state index contributed by atoms with van der Waals surface area (Å²) in [7, 11) is 0. The highest BCUT2D eigenvalue weighted by Crippen LogP contribution is 2.20. The van der Waals surface area contributed by atoms with Crippen LogP contribution >= 0.6 is 15.9 Å². The third-order valence-corrected chi connectivity index (χ3v) is 4.04. The molecule has 0 radical (unpaired) electrons. The summed E-state index contributed by atoms with van der Waals surface area (Å²) in [6.07, 6.45) is 2.08. The Morgan fingerprint density at radius 1 is 1.12 bits per heavy atom. The molecule has 0 bridgehead atoms. The van der Waals surface area contributed by atoms with E-state index in [0.29, 0.717) is 23.0 Å². The van der Waals surface area contributed by atoms with Gasteiger partial charge >= 0.3 is 0 Å². The number of carbonyl (C=O) groups is 2. The molecule has 1 saturated carbocycles. The average molecular weight is 389 g/mol. The lowest BCUT2D eigenvalue weighted by atomic mass is 10.2. The fourth-order valence-electron chi connectivity index (χ4n) is 2.10. The lowest BCUT2D eigenvalue weighted by Gasteiger charge is -2.09. The smallest absolute Gasteiger partial charge is 0.262 e. The Morgan fingerprint density at radius 3 is 2.58 bits per heavy atom. The Hall–Kier alpha value is -2.34. The zero-order valence-electron chi connectivity index (χ0n) is 12.9. The van der Waals surface area contributed by atoms with Crippen LogP contribution in [0.5, 0.6) is 5.75 Å². The summed E-state index contributed by atoms with van der Waals surface area (Å²) in [5, 5.41) is 5.67. The van der Waals surface area contributed by atoms with E-state index in [1.807, 2.05) is 12.1 Å². The molecule has 1 fully saturated rings. The van der Waals surface area contributed by atoms with Gasteiger partial charge in [0.15, 0.2) is 6.61 Å². The monoisotopic (exact) mass is 388 g/mol. The lowest BCUT2D eigenvalue weighted by molar-refractivity contribution is -0.118. The van der Waals surface area contributed by atoms with Crippen LogP contribution in [0.15, 0.2) is 53.0 Å². The summed E-state index contributed by atoms with van der Waals surface area (Å²) in [6.45, 7) is -0.121. The van der Waals surface area contributed by atoms with E-state index in [1.165, 1.54) is 0 Å². The van der Waals surface area contributed by atoms with Crippen LogP contribution in [0.1, 0.15) is 23.2 Å². The predicted molar refractivity (Wildman–Crippen MR) is 95.2 cm³/mol. The van der Waals surface area contributed by atoms with Crippen molar-refractivity contribution in [1.82, 2.24) is 5.32 Å². The molecule has 24 heavy (non-hydrogen) atoms. The van der Waals surface area contributed by atoms with Gasteiger partial charge in [0.05, 0.1) is 0 Å². The Labute approximate surface area is 148 Å². The molecule has 1 aliphatic carbocycles. The van der Waals surface area contributed by atoms with E-state index in [4.69, 9.17) is 4.74 Å². The van der Waals surface area contributed by atoms with Gasteiger partial charge in [0.1, 0.15) is 5.75 Å². The number of benzene rings is 2. The number of hydrogen-bond donors (Lipinski definition) is 2. The van der Waals surface area contributed by atoms with Crippen LogP contribution in [0.25, 0.3) is 0 Å². The third kappa shape index (κ3) is 4.83. The standard InChI is InChI=1S/C18H17BrN2O3/c19-13-4-6-14(7-5-13)20-17(22)11-24-16-3-1-2-12(10-16)18(23)21-15-8-9-15/h1-7,10,15H,8-9,11H2,(H,20,22)(H,21,23). The fraction of sp³-hybridized carbons (Fsp3) is 0.222. The number of carbonyl (C=O) groups excluding carboxylic acids is 2. The van der Waals surface area contributed by atoms with Gasteiger partial charge in [-0.05, 0) is 55.3 Å². The quantitative estimate of drug-likeness (QED) is 0.796. The van der Waals surface area contributed by atoms with Crippen molar-refractivity contribution < 1.29 is 14.3 Å². The van der Waals surface area contributed by atoms with Crippen LogP contribution in [-0.4, -0.2) is 24.5 Å². The van der Waals surface area contributed by atoms with Gasteiger partial charge in [-0.15, -0.1) is 0 Å². The van der Waals surface area contributed by atoms with Crippen molar-refractivity contribution in [3.8, 4) is 5.75 Å². The minimum absolute atomic E-state index is 0.109. The van der Waals surface area contributed by atoms with Crippen molar-refractivity contribution >= 4 is 33.4 Å². The van der Waals surface area contributed by atoms with Gasteiger partial charge in [0.25, 0.3) is 11.8 Å². The average Bonchev–Trinajstić information content (AvgIpc) is 3.39. The number of hydrogen-bond acceptors (Lipinski definition) is 3. The molecule has 3 rings (SSSR count). The Bertz CT molecular complexity index is 742. The van der Waals surface area contributed by atoms with Gasteiger partial charge in [-0.1, -0.05) is 22.0 Å². The molecule has 0 unspecified atom stereocenters. The maximum atomic E-state index is 12.0. The van der Waals surface area contributed by atoms with Gasteiger partial charge in [-0.2, -0.15) is 0 Å². The molecule has 2 N–H and O–H groups in total. The SMILES string of the molecule is O=C(COc1cccc(C(=O)NC2CC2)c1)Nc1ccc(Br)cc1. The zero-order chi connectivity index (χ0) is 16.9. The van der Waals surface area contributed by atoms with Crippen LogP contribution in [0, 0.1) is 0 Å².